The number of piperidine rings is 1. The van der Waals surface area contributed by atoms with Crippen molar-refractivity contribution in [3.8, 4) is 0 Å². The van der Waals surface area contributed by atoms with E-state index in [1.165, 1.54) is 6.42 Å². The molecule has 134 valence electrons. The van der Waals surface area contributed by atoms with E-state index in [9.17, 15) is 9.90 Å². The van der Waals surface area contributed by atoms with Gasteiger partial charge in [0.15, 0.2) is 0 Å². The lowest BCUT2D eigenvalue weighted by Crippen LogP contribution is -2.58. The van der Waals surface area contributed by atoms with E-state index in [0.29, 0.717) is 32.3 Å². The van der Waals surface area contributed by atoms with Gasteiger partial charge in [-0.2, -0.15) is 0 Å². The first-order valence-corrected chi connectivity index (χ1v) is 8.98. The molecule has 0 spiro atoms. The molecule has 2 heterocycles. The topological polar surface area (TPSA) is 65.0 Å². The Morgan fingerprint density at radius 1 is 1.30 bits per heavy atom. The number of rotatable bonds is 7. The maximum atomic E-state index is 12.5. The van der Waals surface area contributed by atoms with Crippen molar-refractivity contribution in [1.82, 2.24) is 15.1 Å². The van der Waals surface area contributed by atoms with E-state index >= 15 is 0 Å². The van der Waals surface area contributed by atoms with E-state index in [4.69, 9.17) is 4.74 Å². The summed E-state index contributed by atoms with van der Waals surface area (Å²) in [4.78, 5) is 17.1. The van der Waals surface area contributed by atoms with Crippen molar-refractivity contribution in [2.45, 2.75) is 38.6 Å². The first-order valence-electron chi connectivity index (χ1n) is 8.98. The van der Waals surface area contributed by atoms with Gasteiger partial charge in [-0.1, -0.05) is 0 Å². The Kier molecular flexibility index (Phi) is 7.27. The van der Waals surface area contributed by atoms with Crippen LogP contribution >= 0.6 is 0 Å². The zero-order chi connectivity index (χ0) is 16.7. The Morgan fingerprint density at radius 2 is 2.04 bits per heavy atom. The maximum absolute atomic E-state index is 12.5. The Bertz CT molecular complexity index is 370. The van der Waals surface area contributed by atoms with Crippen LogP contribution < -0.4 is 5.32 Å². The van der Waals surface area contributed by atoms with E-state index in [2.05, 4.69) is 15.1 Å². The van der Waals surface area contributed by atoms with Crippen LogP contribution in [0.3, 0.4) is 0 Å². The predicted octanol–water partition coefficient (Wildman–Crippen LogP) is 0.308. The molecule has 1 atom stereocenters. The predicted molar refractivity (Wildman–Crippen MR) is 90.3 cm³/mol. The second-order valence-corrected chi connectivity index (χ2v) is 7.26. The number of ether oxygens (including phenoxy) is 1. The first-order chi connectivity index (χ1) is 11.0. The van der Waals surface area contributed by atoms with E-state index in [-0.39, 0.29) is 5.91 Å². The van der Waals surface area contributed by atoms with Crippen LogP contribution in [0, 0.1) is 5.92 Å². The Labute approximate surface area is 140 Å². The lowest BCUT2D eigenvalue weighted by atomic mass is 9.99. The molecule has 1 unspecified atom stereocenters. The number of hydrogen-bond acceptors (Lipinski definition) is 5. The molecule has 2 saturated heterocycles. The molecule has 0 radical (unpaired) electrons. The summed E-state index contributed by atoms with van der Waals surface area (Å²) in [7, 11) is 0. The van der Waals surface area contributed by atoms with Crippen LogP contribution in [-0.2, 0) is 9.53 Å². The molecule has 2 rings (SSSR count). The smallest absolute Gasteiger partial charge is 0.239 e. The molecule has 6 nitrogen and oxygen atoms in total. The van der Waals surface area contributed by atoms with Gasteiger partial charge in [-0.15, -0.1) is 0 Å². The highest BCUT2D eigenvalue weighted by Crippen LogP contribution is 2.17. The van der Waals surface area contributed by atoms with Gasteiger partial charge in [0.05, 0.1) is 18.8 Å². The fourth-order valence-corrected chi connectivity index (χ4v) is 3.49. The van der Waals surface area contributed by atoms with Crippen LogP contribution in [0.2, 0.25) is 0 Å². The van der Waals surface area contributed by atoms with Gasteiger partial charge in [0.1, 0.15) is 0 Å². The number of hydrogen-bond donors (Lipinski definition) is 2. The third-order valence-electron chi connectivity index (χ3n) is 5.16. The van der Waals surface area contributed by atoms with Crippen LogP contribution in [0.1, 0.15) is 33.1 Å². The minimum atomic E-state index is -0.475. The Hall–Kier alpha value is -0.690. The zero-order valence-electron chi connectivity index (χ0n) is 14.7. The number of likely N-dealkylation sites (tertiary alicyclic amines) is 1. The number of aliphatic hydroxyl groups excluding tert-OH is 1. The minimum Gasteiger partial charge on any atom is -0.396 e. The SMILES string of the molecule is CC(C)(C(=O)NCCCN1CCCC(CO)C1)N1CCOCC1. The van der Waals surface area contributed by atoms with Gasteiger partial charge < -0.3 is 20.1 Å². The second kappa shape index (κ2) is 8.97. The summed E-state index contributed by atoms with van der Waals surface area (Å²) in [6.07, 6.45) is 3.27. The lowest BCUT2D eigenvalue weighted by Gasteiger charge is -2.39. The van der Waals surface area contributed by atoms with Gasteiger partial charge in [0.2, 0.25) is 5.91 Å². The zero-order valence-corrected chi connectivity index (χ0v) is 14.7. The van der Waals surface area contributed by atoms with E-state index in [0.717, 1.165) is 45.6 Å². The van der Waals surface area contributed by atoms with Gasteiger partial charge in [0.25, 0.3) is 0 Å². The molecule has 0 aromatic heterocycles. The van der Waals surface area contributed by atoms with Crippen molar-refractivity contribution in [2.24, 2.45) is 5.92 Å². The van der Waals surface area contributed by atoms with Gasteiger partial charge in [-0.3, -0.25) is 9.69 Å². The molecule has 2 N–H and O–H groups in total. The molecule has 2 aliphatic heterocycles. The van der Waals surface area contributed by atoms with Crippen molar-refractivity contribution < 1.29 is 14.6 Å². The number of aliphatic hydroxyl groups is 1. The van der Waals surface area contributed by atoms with Crippen LogP contribution in [0.4, 0.5) is 0 Å². The van der Waals surface area contributed by atoms with E-state index < -0.39 is 5.54 Å². The number of amides is 1. The second-order valence-electron chi connectivity index (χ2n) is 7.26. The molecule has 1 amide bonds. The maximum Gasteiger partial charge on any atom is 0.239 e. The van der Waals surface area contributed by atoms with Crippen LogP contribution in [-0.4, -0.2) is 85.4 Å². The quantitative estimate of drug-likeness (QED) is 0.659. The summed E-state index contributed by atoms with van der Waals surface area (Å²) in [5, 5.41) is 12.4. The molecule has 2 fully saturated rings. The largest absolute Gasteiger partial charge is 0.396 e. The number of carbonyl (C=O) groups excluding carboxylic acids is 1. The molecular formula is C17H33N3O3. The fourth-order valence-electron chi connectivity index (χ4n) is 3.49. The molecule has 6 heteroatoms. The average Bonchev–Trinajstić information content (AvgIpc) is 2.59. The number of morpholine rings is 1. The number of nitrogens with one attached hydrogen (secondary N) is 1. The summed E-state index contributed by atoms with van der Waals surface area (Å²) < 4.78 is 5.36. The van der Waals surface area contributed by atoms with Gasteiger partial charge >= 0.3 is 0 Å². The Balaban J connectivity index is 1.65. The summed E-state index contributed by atoms with van der Waals surface area (Å²) in [6, 6.07) is 0. The molecular weight excluding hydrogens is 294 g/mol. The van der Waals surface area contributed by atoms with Crippen molar-refractivity contribution in [3.63, 3.8) is 0 Å². The average molecular weight is 327 g/mol. The highest BCUT2D eigenvalue weighted by atomic mass is 16.5. The van der Waals surface area contributed by atoms with Gasteiger partial charge in [0, 0.05) is 32.8 Å². The molecule has 0 aliphatic carbocycles. The van der Waals surface area contributed by atoms with Crippen LogP contribution in [0.25, 0.3) is 0 Å². The normalized spacial score (nSPS) is 24.6. The molecule has 0 bridgehead atoms. The number of nitrogens with zero attached hydrogens (tertiary/aromatic N) is 2. The summed E-state index contributed by atoms with van der Waals surface area (Å²) in [5.41, 5.74) is -0.475. The van der Waals surface area contributed by atoms with Crippen molar-refractivity contribution in [2.75, 3.05) is 59.1 Å². The molecule has 0 aromatic carbocycles. The summed E-state index contributed by atoms with van der Waals surface area (Å²) in [5.74, 6) is 0.532. The van der Waals surface area contributed by atoms with Crippen molar-refractivity contribution >= 4 is 5.91 Å². The van der Waals surface area contributed by atoms with E-state index in [1.807, 2.05) is 13.8 Å². The summed E-state index contributed by atoms with van der Waals surface area (Å²) >= 11 is 0. The molecule has 0 aromatic rings. The fraction of sp³-hybridized carbons (Fsp3) is 0.941. The van der Waals surface area contributed by atoms with Crippen LogP contribution in [0.5, 0.6) is 0 Å². The third kappa shape index (κ3) is 5.41. The van der Waals surface area contributed by atoms with Crippen molar-refractivity contribution in [3.05, 3.63) is 0 Å². The van der Waals surface area contributed by atoms with Gasteiger partial charge in [-0.25, -0.2) is 0 Å². The monoisotopic (exact) mass is 327 g/mol. The molecule has 2 aliphatic rings. The Morgan fingerprint density at radius 3 is 2.74 bits per heavy atom. The first kappa shape index (κ1) is 18.6. The van der Waals surface area contributed by atoms with Crippen molar-refractivity contribution in [1.29, 1.82) is 0 Å². The molecule has 0 saturated carbocycles. The highest BCUT2D eigenvalue weighted by molar-refractivity contribution is 5.85. The summed E-state index contributed by atoms with van der Waals surface area (Å²) in [6.45, 7) is 11.1. The lowest BCUT2D eigenvalue weighted by molar-refractivity contribution is -0.134. The third-order valence-corrected chi connectivity index (χ3v) is 5.16. The van der Waals surface area contributed by atoms with Crippen LogP contribution in [0.15, 0.2) is 0 Å². The molecule has 23 heavy (non-hydrogen) atoms. The van der Waals surface area contributed by atoms with Gasteiger partial charge in [-0.05, 0) is 52.1 Å². The van der Waals surface area contributed by atoms with E-state index in [1.54, 1.807) is 0 Å². The highest BCUT2D eigenvalue weighted by Gasteiger charge is 2.35. The standard InChI is InChI=1S/C17H33N3O3/c1-17(2,20-9-11-23-12-10-20)16(22)18-6-4-8-19-7-3-5-15(13-19)14-21/h15,21H,3-14H2,1-2H3,(H,18,22). The minimum absolute atomic E-state index is 0.103. The number of carbonyl (C=O) groups is 1.